The maximum atomic E-state index is 13.4. The van der Waals surface area contributed by atoms with Gasteiger partial charge in [-0.1, -0.05) is 36.4 Å². The van der Waals surface area contributed by atoms with Crippen LogP contribution in [0.5, 0.6) is 11.5 Å². The largest absolute Gasteiger partial charge is 0.573 e. The SMILES string of the molecule is CC(C)(CN(CCc1ccc(OC(F)(F)F)cc1)C(=O)c1ccccc1)NC[C@H](O)c1ccc(O)c(CO)c1. The summed E-state index contributed by atoms with van der Waals surface area (Å²) < 4.78 is 41.3. The Bertz CT molecular complexity index is 1220. The highest BCUT2D eigenvalue weighted by Crippen LogP contribution is 2.24. The van der Waals surface area contributed by atoms with E-state index in [0.29, 0.717) is 29.7 Å². The molecule has 0 saturated carbocycles. The first-order valence-corrected chi connectivity index (χ1v) is 12.4. The third kappa shape index (κ3) is 9.27. The highest BCUT2D eigenvalue weighted by molar-refractivity contribution is 5.94. The molecule has 0 aliphatic heterocycles. The summed E-state index contributed by atoms with van der Waals surface area (Å²) in [6, 6.07) is 18.8. The number of benzene rings is 3. The topological polar surface area (TPSA) is 102 Å². The molecule has 4 N–H and O–H groups in total. The summed E-state index contributed by atoms with van der Waals surface area (Å²) in [5.74, 6) is -0.569. The predicted octanol–water partition coefficient (Wildman–Crippen LogP) is 4.57. The summed E-state index contributed by atoms with van der Waals surface area (Å²) in [5, 5.41) is 33.1. The summed E-state index contributed by atoms with van der Waals surface area (Å²) in [6.45, 7) is 4.16. The summed E-state index contributed by atoms with van der Waals surface area (Å²) in [7, 11) is 0. The summed E-state index contributed by atoms with van der Waals surface area (Å²) in [4.78, 5) is 15.0. The number of nitrogens with one attached hydrogen (secondary N) is 1. The maximum Gasteiger partial charge on any atom is 0.573 e. The van der Waals surface area contributed by atoms with E-state index in [9.17, 15) is 33.3 Å². The zero-order valence-corrected chi connectivity index (χ0v) is 21.8. The van der Waals surface area contributed by atoms with Crippen LogP contribution in [0.4, 0.5) is 13.2 Å². The molecule has 3 aromatic carbocycles. The molecule has 0 aliphatic rings. The first-order chi connectivity index (χ1) is 18.4. The molecule has 39 heavy (non-hydrogen) atoms. The number of aromatic hydroxyl groups is 1. The van der Waals surface area contributed by atoms with Crippen LogP contribution in [0, 0.1) is 0 Å². The number of β-amino-alcohol motifs (C(OH)–C–C–N with tert-alkyl or cyclic N) is 1. The lowest BCUT2D eigenvalue weighted by atomic mass is 10.0. The summed E-state index contributed by atoms with van der Waals surface area (Å²) in [5.41, 5.74) is 1.44. The first kappa shape index (κ1) is 29.9. The van der Waals surface area contributed by atoms with Crippen LogP contribution >= 0.6 is 0 Å². The normalized spacial score (nSPS) is 12.7. The molecule has 0 radical (unpaired) electrons. The molecule has 10 heteroatoms. The van der Waals surface area contributed by atoms with Gasteiger partial charge in [0.25, 0.3) is 5.91 Å². The molecule has 0 unspecified atom stereocenters. The molecule has 0 aromatic heterocycles. The van der Waals surface area contributed by atoms with Crippen molar-refractivity contribution in [3.05, 3.63) is 95.1 Å². The van der Waals surface area contributed by atoms with Crippen LogP contribution in [0.2, 0.25) is 0 Å². The smallest absolute Gasteiger partial charge is 0.508 e. The van der Waals surface area contributed by atoms with Crippen molar-refractivity contribution in [2.45, 2.75) is 44.9 Å². The average Bonchev–Trinajstić information content (AvgIpc) is 2.90. The number of hydrogen-bond donors (Lipinski definition) is 4. The zero-order chi connectivity index (χ0) is 28.6. The van der Waals surface area contributed by atoms with Crippen LogP contribution in [0.15, 0.2) is 72.8 Å². The molecular weight excluding hydrogens is 513 g/mol. The van der Waals surface area contributed by atoms with E-state index in [2.05, 4.69) is 10.1 Å². The zero-order valence-electron chi connectivity index (χ0n) is 21.8. The van der Waals surface area contributed by atoms with Crippen molar-refractivity contribution >= 4 is 5.91 Å². The van der Waals surface area contributed by atoms with Gasteiger partial charge in [0, 0.05) is 36.3 Å². The maximum absolute atomic E-state index is 13.4. The van der Waals surface area contributed by atoms with Crippen molar-refractivity contribution in [3.8, 4) is 11.5 Å². The minimum atomic E-state index is -4.77. The van der Waals surface area contributed by atoms with E-state index >= 15 is 0 Å². The van der Waals surface area contributed by atoms with Crippen LogP contribution in [-0.4, -0.2) is 57.7 Å². The fraction of sp³-hybridized carbons (Fsp3) is 0.345. The lowest BCUT2D eigenvalue weighted by Gasteiger charge is -2.34. The standard InChI is InChI=1S/C29H33F3N2O5/c1-28(2,33-17-26(37)22-10-13-25(36)23(16-22)18-35)19-34(27(38)21-6-4-3-5-7-21)15-14-20-8-11-24(12-9-20)39-29(30,31)32/h3-13,16,26,33,35-37H,14-15,17-19H2,1-2H3/t26-/m0/s1. The second-order valence-electron chi connectivity index (χ2n) is 9.86. The third-order valence-corrected chi connectivity index (χ3v) is 6.15. The summed E-state index contributed by atoms with van der Waals surface area (Å²) >= 11 is 0. The van der Waals surface area contributed by atoms with Crippen molar-refractivity contribution in [3.63, 3.8) is 0 Å². The minimum absolute atomic E-state index is 0.0562. The van der Waals surface area contributed by atoms with Crippen molar-refractivity contribution in [1.29, 1.82) is 0 Å². The van der Waals surface area contributed by atoms with Gasteiger partial charge in [0.15, 0.2) is 0 Å². The molecule has 0 bridgehead atoms. The van der Waals surface area contributed by atoms with Crippen LogP contribution in [0.3, 0.4) is 0 Å². The molecule has 0 spiro atoms. The van der Waals surface area contributed by atoms with Crippen LogP contribution < -0.4 is 10.1 Å². The second kappa shape index (κ2) is 13.0. The highest BCUT2D eigenvalue weighted by atomic mass is 19.4. The third-order valence-electron chi connectivity index (χ3n) is 6.15. The number of aliphatic hydroxyl groups excluding tert-OH is 2. The molecule has 0 aliphatic carbocycles. The molecule has 0 heterocycles. The van der Waals surface area contributed by atoms with E-state index in [4.69, 9.17) is 0 Å². The highest BCUT2D eigenvalue weighted by Gasteiger charge is 2.31. The Morgan fingerprint density at radius 1 is 1.03 bits per heavy atom. The Labute approximate surface area is 225 Å². The first-order valence-electron chi connectivity index (χ1n) is 12.4. The summed E-state index contributed by atoms with van der Waals surface area (Å²) in [6.07, 6.45) is -5.29. The van der Waals surface area contributed by atoms with Gasteiger partial charge in [0.2, 0.25) is 0 Å². The van der Waals surface area contributed by atoms with Crippen molar-refractivity contribution in [1.82, 2.24) is 10.2 Å². The number of nitrogens with zero attached hydrogens (tertiary/aromatic N) is 1. The van der Waals surface area contributed by atoms with Crippen molar-refractivity contribution < 1.29 is 38.0 Å². The Morgan fingerprint density at radius 3 is 2.31 bits per heavy atom. The Hall–Kier alpha value is -3.60. The molecule has 3 rings (SSSR count). The number of halogens is 3. The van der Waals surface area contributed by atoms with E-state index < -0.39 is 18.0 Å². The quantitative estimate of drug-likeness (QED) is 0.266. The number of carbonyl (C=O) groups excluding carboxylic acids is 1. The molecule has 0 saturated heterocycles. The Balaban J connectivity index is 1.69. The van der Waals surface area contributed by atoms with E-state index in [0.717, 1.165) is 5.56 Å². The second-order valence-corrected chi connectivity index (χ2v) is 9.86. The lowest BCUT2D eigenvalue weighted by Crippen LogP contribution is -2.52. The van der Waals surface area contributed by atoms with E-state index in [1.165, 1.54) is 36.4 Å². The molecule has 210 valence electrons. The van der Waals surface area contributed by atoms with Gasteiger partial charge in [-0.05, 0) is 67.8 Å². The molecule has 3 aromatic rings. The molecule has 1 amide bonds. The number of hydrogen-bond acceptors (Lipinski definition) is 6. The van der Waals surface area contributed by atoms with Gasteiger partial charge in [-0.2, -0.15) is 0 Å². The predicted molar refractivity (Wildman–Crippen MR) is 140 cm³/mol. The van der Waals surface area contributed by atoms with Gasteiger partial charge in [-0.25, -0.2) is 0 Å². The van der Waals surface area contributed by atoms with Crippen LogP contribution in [-0.2, 0) is 13.0 Å². The molecule has 0 fully saturated rings. The fourth-order valence-corrected chi connectivity index (χ4v) is 4.10. The van der Waals surface area contributed by atoms with E-state index in [1.54, 1.807) is 35.2 Å². The molecule has 1 atom stereocenters. The number of rotatable bonds is 12. The van der Waals surface area contributed by atoms with Gasteiger partial charge < -0.3 is 30.3 Å². The Kier molecular flexibility index (Phi) is 9.96. The fourth-order valence-electron chi connectivity index (χ4n) is 4.10. The van der Waals surface area contributed by atoms with Crippen LogP contribution in [0.25, 0.3) is 0 Å². The van der Waals surface area contributed by atoms with Crippen molar-refractivity contribution in [2.24, 2.45) is 0 Å². The Morgan fingerprint density at radius 2 is 1.69 bits per heavy atom. The number of aliphatic hydroxyl groups is 2. The van der Waals surface area contributed by atoms with Gasteiger partial charge >= 0.3 is 6.36 Å². The number of phenols is 1. The lowest BCUT2D eigenvalue weighted by molar-refractivity contribution is -0.274. The van der Waals surface area contributed by atoms with Gasteiger partial charge in [0.05, 0.1) is 12.7 Å². The van der Waals surface area contributed by atoms with E-state index in [1.807, 2.05) is 19.9 Å². The number of carbonyl (C=O) groups is 1. The number of amides is 1. The monoisotopic (exact) mass is 546 g/mol. The van der Waals surface area contributed by atoms with Gasteiger partial charge in [0.1, 0.15) is 11.5 Å². The average molecular weight is 547 g/mol. The minimum Gasteiger partial charge on any atom is -0.508 e. The molecule has 7 nitrogen and oxygen atoms in total. The van der Waals surface area contributed by atoms with Crippen molar-refractivity contribution in [2.75, 3.05) is 19.6 Å². The van der Waals surface area contributed by atoms with Gasteiger partial charge in [-0.3, -0.25) is 4.79 Å². The number of alkyl halides is 3. The van der Waals surface area contributed by atoms with Crippen LogP contribution in [0.1, 0.15) is 47.0 Å². The molecular formula is C29H33F3N2O5. The van der Waals surface area contributed by atoms with E-state index in [-0.39, 0.29) is 37.1 Å². The van der Waals surface area contributed by atoms with Gasteiger partial charge in [-0.15, -0.1) is 13.2 Å². The number of ether oxygens (including phenoxy) is 1.